The molecule has 0 aliphatic carbocycles. The van der Waals surface area contributed by atoms with Crippen molar-refractivity contribution in [1.29, 1.82) is 0 Å². The van der Waals surface area contributed by atoms with E-state index in [4.69, 9.17) is 40.5 Å². The first-order valence-corrected chi connectivity index (χ1v) is 6.75. The molecule has 19 heavy (non-hydrogen) atoms. The summed E-state index contributed by atoms with van der Waals surface area (Å²) in [6.07, 6.45) is 0.362. The van der Waals surface area contributed by atoms with Crippen LogP contribution < -0.4 is 5.73 Å². The molecule has 2 aromatic rings. The van der Waals surface area contributed by atoms with E-state index < -0.39 is 0 Å². The van der Waals surface area contributed by atoms with Crippen LogP contribution in [0.15, 0.2) is 36.4 Å². The average molecular weight is 319 g/mol. The van der Waals surface area contributed by atoms with Crippen molar-refractivity contribution in [3.63, 3.8) is 0 Å². The van der Waals surface area contributed by atoms with Gasteiger partial charge in [-0.05, 0) is 41.8 Å². The molecular weight excluding hydrogens is 308 g/mol. The van der Waals surface area contributed by atoms with Crippen LogP contribution in [0.5, 0.6) is 0 Å². The maximum absolute atomic E-state index is 13.7. The summed E-state index contributed by atoms with van der Waals surface area (Å²) in [7, 11) is 0. The summed E-state index contributed by atoms with van der Waals surface area (Å²) in [6.45, 7) is 0. The molecule has 2 aromatic carbocycles. The zero-order valence-electron chi connectivity index (χ0n) is 9.84. The van der Waals surface area contributed by atoms with E-state index in [-0.39, 0.29) is 11.9 Å². The Kier molecular flexibility index (Phi) is 4.69. The predicted molar refractivity (Wildman–Crippen MR) is 78.5 cm³/mol. The number of hydrogen-bond donors (Lipinski definition) is 1. The molecule has 2 N–H and O–H groups in total. The monoisotopic (exact) mass is 317 g/mol. The molecule has 0 amide bonds. The molecule has 0 saturated carbocycles. The van der Waals surface area contributed by atoms with Crippen LogP contribution in [-0.4, -0.2) is 0 Å². The minimum absolute atomic E-state index is 0.356. The lowest BCUT2D eigenvalue weighted by Gasteiger charge is -2.13. The van der Waals surface area contributed by atoms with Gasteiger partial charge in [0.05, 0.1) is 10.0 Å². The molecule has 1 unspecified atom stereocenters. The van der Waals surface area contributed by atoms with Crippen LogP contribution in [0.25, 0.3) is 0 Å². The molecule has 5 heteroatoms. The Bertz CT molecular complexity index is 601. The van der Waals surface area contributed by atoms with Crippen molar-refractivity contribution in [3.05, 3.63) is 68.4 Å². The van der Waals surface area contributed by atoms with E-state index in [1.54, 1.807) is 30.3 Å². The molecule has 0 saturated heterocycles. The third-order valence-electron chi connectivity index (χ3n) is 2.83. The number of hydrogen-bond acceptors (Lipinski definition) is 1. The molecule has 0 aromatic heterocycles. The Morgan fingerprint density at radius 3 is 2.37 bits per heavy atom. The normalized spacial score (nSPS) is 12.5. The zero-order chi connectivity index (χ0) is 14.0. The highest BCUT2D eigenvalue weighted by Gasteiger charge is 2.12. The third kappa shape index (κ3) is 3.61. The van der Waals surface area contributed by atoms with Crippen molar-refractivity contribution < 1.29 is 4.39 Å². The quantitative estimate of drug-likeness (QED) is 0.844. The van der Waals surface area contributed by atoms with Gasteiger partial charge < -0.3 is 5.73 Å². The number of nitrogens with two attached hydrogens (primary N) is 1. The Balaban J connectivity index is 2.20. The second-order valence-electron chi connectivity index (χ2n) is 4.22. The number of halogens is 4. The SMILES string of the molecule is NC(Cc1ccc(Cl)cc1F)c1ccc(Cl)c(Cl)c1. The Morgan fingerprint density at radius 2 is 1.74 bits per heavy atom. The molecular formula is C14H11Cl3FN. The minimum Gasteiger partial charge on any atom is -0.324 e. The van der Waals surface area contributed by atoms with Gasteiger partial charge in [-0.1, -0.05) is 46.9 Å². The van der Waals surface area contributed by atoms with Gasteiger partial charge in [0, 0.05) is 11.1 Å². The molecule has 0 radical (unpaired) electrons. The summed E-state index contributed by atoms with van der Waals surface area (Å²) in [5.74, 6) is -0.358. The van der Waals surface area contributed by atoms with E-state index in [0.29, 0.717) is 27.1 Å². The Labute approximate surface area is 126 Å². The summed E-state index contributed by atoms with van der Waals surface area (Å²) < 4.78 is 13.7. The van der Waals surface area contributed by atoms with Crippen LogP contribution in [0.2, 0.25) is 15.1 Å². The highest BCUT2D eigenvalue weighted by molar-refractivity contribution is 6.42. The van der Waals surface area contributed by atoms with Gasteiger partial charge >= 0.3 is 0 Å². The lowest BCUT2D eigenvalue weighted by Crippen LogP contribution is -2.14. The first kappa shape index (κ1) is 14.6. The topological polar surface area (TPSA) is 26.0 Å². The fourth-order valence-electron chi connectivity index (χ4n) is 1.79. The number of rotatable bonds is 3. The van der Waals surface area contributed by atoms with Gasteiger partial charge in [0.15, 0.2) is 0 Å². The summed E-state index contributed by atoms with van der Waals surface area (Å²) in [5, 5.41) is 1.27. The zero-order valence-corrected chi connectivity index (χ0v) is 12.1. The summed E-state index contributed by atoms with van der Waals surface area (Å²) in [4.78, 5) is 0. The molecule has 100 valence electrons. The smallest absolute Gasteiger partial charge is 0.127 e. The highest BCUT2D eigenvalue weighted by atomic mass is 35.5. The van der Waals surface area contributed by atoms with Gasteiger partial charge in [-0.3, -0.25) is 0 Å². The largest absolute Gasteiger partial charge is 0.324 e. The van der Waals surface area contributed by atoms with Crippen molar-refractivity contribution in [1.82, 2.24) is 0 Å². The van der Waals surface area contributed by atoms with Crippen LogP contribution >= 0.6 is 34.8 Å². The van der Waals surface area contributed by atoms with Gasteiger partial charge in [0.25, 0.3) is 0 Å². The minimum atomic E-state index is -0.358. The molecule has 0 aliphatic rings. The fourth-order valence-corrected chi connectivity index (χ4v) is 2.25. The first-order chi connectivity index (χ1) is 8.97. The summed E-state index contributed by atoms with van der Waals surface area (Å²) in [5.41, 5.74) is 7.38. The first-order valence-electron chi connectivity index (χ1n) is 5.62. The molecule has 0 heterocycles. The van der Waals surface area contributed by atoms with E-state index in [1.807, 2.05) is 0 Å². The van der Waals surface area contributed by atoms with Crippen LogP contribution in [0.4, 0.5) is 4.39 Å². The molecule has 0 aliphatic heterocycles. The summed E-state index contributed by atoms with van der Waals surface area (Å²) in [6, 6.07) is 9.35. The maximum Gasteiger partial charge on any atom is 0.127 e. The van der Waals surface area contributed by atoms with E-state index in [0.717, 1.165) is 5.56 Å². The van der Waals surface area contributed by atoms with Gasteiger partial charge in [0.1, 0.15) is 5.82 Å². The van der Waals surface area contributed by atoms with Gasteiger partial charge in [-0.15, -0.1) is 0 Å². The molecule has 1 nitrogen and oxygen atoms in total. The van der Waals surface area contributed by atoms with E-state index >= 15 is 0 Å². The van der Waals surface area contributed by atoms with Crippen LogP contribution in [0.1, 0.15) is 17.2 Å². The van der Waals surface area contributed by atoms with Crippen molar-refractivity contribution in [3.8, 4) is 0 Å². The molecule has 2 rings (SSSR count). The van der Waals surface area contributed by atoms with Crippen molar-refractivity contribution >= 4 is 34.8 Å². The molecule has 0 spiro atoms. The Morgan fingerprint density at radius 1 is 1.00 bits per heavy atom. The molecule has 1 atom stereocenters. The predicted octanol–water partition coefficient (Wildman–Crippen LogP) is 5.03. The van der Waals surface area contributed by atoms with E-state index in [2.05, 4.69) is 0 Å². The maximum atomic E-state index is 13.7. The van der Waals surface area contributed by atoms with Gasteiger partial charge in [-0.25, -0.2) is 4.39 Å². The lowest BCUT2D eigenvalue weighted by atomic mass is 9.99. The van der Waals surface area contributed by atoms with Crippen molar-refractivity contribution in [2.75, 3.05) is 0 Å². The third-order valence-corrected chi connectivity index (χ3v) is 3.80. The van der Waals surface area contributed by atoms with Crippen LogP contribution in [0.3, 0.4) is 0 Å². The molecule has 0 fully saturated rings. The fraction of sp³-hybridized carbons (Fsp3) is 0.143. The highest BCUT2D eigenvalue weighted by Crippen LogP contribution is 2.27. The van der Waals surface area contributed by atoms with Crippen LogP contribution in [-0.2, 0) is 6.42 Å². The van der Waals surface area contributed by atoms with E-state index in [9.17, 15) is 4.39 Å². The van der Waals surface area contributed by atoms with Gasteiger partial charge in [-0.2, -0.15) is 0 Å². The standard InChI is InChI=1S/C14H11Cl3FN/c15-10-3-1-8(13(18)7-10)6-14(19)9-2-4-11(16)12(17)5-9/h1-5,7,14H,6,19H2. The Hall–Kier alpha value is -0.800. The summed E-state index contributed by atoms with van der Waals surface area (Å²) >= 11 is 17.5. The second-order valence-corrected chi connectivity index (χ2v) is 5.47. The van der Waals surface area contributed by atoms with Crippen molar-refractivity contribution in [2.45, 2.75) is 12.5 Å². The average Bonchev–Trinajstić information content (AvgIpc) is 2.36. The second kappa shape index (κ2) is 6.10. The van der Waals surface area contributed by atoms with E-state index in [1.165, 1.54) is 6.07 Å². The van der Waals surface area contributed by atoms with Gasteiger partial charge in [0.2, 0.25) is 0 Å². The lowest BCUT2D eigenvalue weighted by molar-refractivity contribution is 0.593. The van der Waals surface area contributed by atoms with Crippen LogP contribution in [0, 0.1) is 5.82 Å². The van der Waals surface area contributed by atoms with Crippen molar-refractivity contribution in [2.24, 2.45) is 5.73 Å². The molecule has 0 bridgehead atoms. The number of benzene rings is 2.